The number of nitrogens with one attached hydrogen (secondary N) is 1. The molecule has 0 fully saturated rings. The normalized spacial score (nSPS) is 11.6. The fourth-order valence-electron chi connectivity index (χ4n) is 1.37. The van der Waals surface area contributed by atoms with E-state index in [4.69, 9.17) is 0 Å². The number of carbonyl (C=O) groups is 2. The monoisotopic (exact) mass is 317 g/mol. The Labute approximate surface area is 124 Å². The second-order valence-electron chi connectivity index (χ2n) is 4.10. The molecule has 1 aromatic rings. The molecule has 0 unspecified atom stereocenters. The quantitative estimate of drug-likeness (QED) is 0.670. The van der Waals surface area contributed by atoms with Crippen molar-refractivity contribution in [3.05, 3.63) is 41.5 Å². The second kappa shape index (κ2) is 7.87. The van der Waals surface area contributed by atoms with E-state index in [-0.39, 0.29) is 11.0 Å². The van der Waals surface area contributed by atoms with Crippen molar-refractivity contribution >= 4 is 28.9 Å². The van der Waals surface area contributed by atoms with Crippen molar-refractivity contribution < 1.29 is 22.8 Å². The van der Waals surface area contributed by atoms with Crippen molar-refractivity contribution in [2.24, 2.45) is 0 Å². The first-order chi connectivity index (χ1) is 9.79. The lowest BCUT2D eigenvalue weighted by Crippen LogP contribution is -2.22. The Morgan fingerprint density at radius 2 is 1.86 bits per heavy atom. The predicted molar refractivity (Wildman–Crippen MR) is 76.6 cm³/mol. The molecule has 0 atom stereocenters. The van der Waals surface area contributed by atoms with E-state index in [1.807, 2.05) is 0 Å². The van der Waals surface area contributed by atoms with Crippen LogP contribution in [0.1, 0.15) is 18.1 Å². The highest BCUT2D eigenvalue weighted by molar-refractivity contribution is 8.14. The minimum atomic E-state index is -4.36. The van der Waals surface area contributed by atoms with Crippen LogP contribution in [0.2, 0.25) is 0 Å². The standard InChI is InChI=1S/C14H14F3NO2S/c1-10(19)18-8-9-21-13(20)7-4-11-2-5-12(6-3-11)14(15,16)17/h2-7H,8-9H2,1H3,(H,18,19)/b7-4+. The number of thioether (sulfide) groups is 1. The molecule has 114 valence electrons. The Balaban J connectivity index is 2.45. The van der Waals surface area contributed by atoms with Crippen molar-refractivity contribution in [1.29, 1.82) is 0 Å². The first kappa shape index (κ1) is 17.3. The van der Waals surface area contributed by atoms with Crippen molar-refractivity contribution in [1.82, 2.24) is 5.32 Å². The number of rotatable bonds is 5. The smallest absolute Gasteiger partial charge is 0.356 e. The molecule has 0 saturated carbocycles. The molecule has 1 N–H and O–H groups in total. The molecular weight excluding hydrogens is 303 g/mol. The van der Waals surface area contributed by atoms with Gasteiger partial charge in [-0.2, -0.15) is 13.2 Å². The molecule has 0 heterocycles. The van der Waals surface area contributed by atoms with Gasteiger partial charge in [0.25, 0.3) is 0 Å². The van der Waals surface area contributed by atoms with Gasteiger partial charge in [-0.25, -0.2) is 0 Å². The van der Waals surface area contributed by atoms with Gasteiger partial charge >= 0.3 is 6.18 Å². The lowest BCUT2D eigenvalue weighted by molar-refractivity contribution is -0.137. The molecule has 1 aromatic carbocycles. The SMILES string of the molecule is CC(=O)NCCSC(=O)/C=C/c1ccc(C(F)(F)F)cc1. The van der Waals surface area contributed by atoms with Crippen LogP contribution in [-0.4, -0.2) is 23.3 Å². The molecule has 0 aliphatic rings. The molecule has 0 spiro atoms. The average Bonchev–Trinajstić information content (AvgIpc) is 2.40. The summed E-state index contributed by atoms with van der Waals surface area (Å²) >= 11 is 1.02. The van der Waals surface area contributed by atoms with Gasteiger partial charge in [-0.3, -0.25) is 9.59 Å². The van der Waals surface area contributed by atoms with Gasteiger partial charge in [0.2, 0.25) is 11.0 Å². The number of hydrogen-bond donors (Lipinski definition) is 1. The molecule has 0 saturated heterocycles. The Morgan fingerprint density at radius 1 is 1.24 bits per heavy atom. The lowest BCUT2D eigenvalue weighted by atomic mass is 10.1. The zero-order valence-corrected chi connectivity index (χ0v) is 12.1. The maximum Gasteiger partial charge on any atom is 0.416 e. The van der Waals surface area contributed by atoms with Gasteiger partial charge in [0, 0.05) is 19.2 Å². The summed E-state index contributed by atoms with van der Waals surface area (Å²) in [4.78, 5) is 22.1. The summed E-state index contributed by atoms with van der Waals surface area (Å²) in [6.07, 6.45) is -1.62. The summed E-state index contributed by atoms with van der Waals surface area (Å²) in [5, 5.41) is 2.33. The molecule has 21 heavy (non-hydrogen) atoms. The second-order valence-corrected chi connectivity index (χ2v) is 5.20. The number of amides is 1. The number of benzene rings is 1. The Morgan fingerprint density at radius 3 is 2.38 bits per heavy atom. The summed E-state index contributed by atoms with van der Waals surface area (Å²) in [7, 11) is 0. The van der Waals surface area contributed by atoms with Gasteiger partial charge in [0.15, 0.2) is 0 Å². The Hall–Kier alpha value is -1.76. The van der Waals surface area contributed by atoms with E-state index in [2.05, 4.69) is 5.32 Å². The van der Waals surface area contributed by atoms with Crippen LogP contribution in [0.5, 0.6) is 0 Å². The minimum Gasteiger partial charge on any atom is -0.356 e. The van der Waals surface area contributed by atoms with E-state index in [0.29, 0.717) is 17.9 Å². The largest absolute Gasteiger partial charge is 0.416 e. The van der Waals surface area contributed by atoms with Crippen molar-refractivity contribution in [3.63, 3.8) is 0 Å². The summed E-state index contributed by atoms with van der Waals surface area (Å²) in [5.41, 5.74) is -0.213. The number of alkyl halides is 3. The van der Waals surface area contributed by atoms with E-state index in [0.717, 1.165) is 23.9 Å². The van der Waals surface area contributed by atoms with Crippen LogP contribution < -0.4 is 5.32 Å². The predicted octanol–water partition coefficient (Wildman–Crippen LogP) is 3.11. The van der Waals surface area contributed by atoms with Crippen LogP contribution in [0.25, 0.3) is 6.08 Å². The summed E-state index contributed by atoms with van der Waals surface area (Å²) in [6.45, 7) is 1.77. The van der Waals surface area contributed by atoms with Crippen LogP contribution >= 0.6 is 11.8 Å². The van der Waals surface area contributed by atoms with Crippen molar-refractivity contribution in [2.75, 3.05) is 12.3 Å². The first-order valence-electron chi connectivity index (χ1n) is 6.05. The Bertz CT molecular complexity index is 524. The molecule has 0 radical (unpaired) electrons. The molecule has 0 bridgehead atoms. The highest BCUT2D eigenvalue weighted by atomic mass is 32.2. The van der Waals surface area contributed by atoms with E-state index in [1.165, 1.54) is 31.2 Å². The maximum absolute atomic E-state index is 12.4. The van der Waals surface area contributed by atoms with Gasteiger partial charge in [0.1, 0.15) is 0 Å². The number of carbonyl (C=O) groups excluding carboxylic acids is 2. The Kier molecular flexibility index (Phi) is 6.48. The third kappa shape index (κ3) is 6.99. The van der Waals surface area contributed by atoms with Crippen molar-refractivity contribution in [3.8, 4) is 0 Å². The van der Waals surface area contributed by atoms with Gasteiger partial charge in [-0.15, -0.1) is 0 Å². The van der Waals surface area contributed by atoms with Crippen LogP contribution in [-0.2, 0) is 15.8 Å². The number of hydrogen-bond acceptors (Lipinski definition) is 3. The minimum absolute atomic E-state index is 0.164. The molecule has 0 aromatic heterocycles. The van der Waals surface area contributed by atoms with Crippen molar-refractivity contribution in [2.45, 2.75) is 13.1 Å². The van der Waals surface area contributed by atoms with Crippen LogP contribution in [0.4, 0.5) is 13.2 Å². The fraction of sp³-hybridized carbons (Fsp3) is 0.286. The first-order valence-corrected chi connectivity index (χ1v) is 7.04. The van der Waals surface area contributed by atoms with Crippen LogP contribution in [0, 0.1) is 0 Å². The zero-order valence-electron chi connectivity index (χ0n) is 11.2. The highest BCUT2D eigenvalue weighted by Gasteiger charge is 2.29. The van der Waals surface area contributed by atoms with Gasteiger partial charge in [0.05, 0.1) is 5.56 Å². The molecule has 0 aliphatic heterocycles. The fourth-order valence-corrected chi connectivity index (χ4v) is 1.94. The van der Waals surface area contributed by atoms with Crippen LogP contribution in [0.3, 0.4) is 0 Å². The molecule has 0 aliphatic carbocycles. The summed E-state index contributed by atoms with van der Waals surface area (Å²) in [6, 6.07) is 4.53. The molecule has 1 amide bonds. The van der Waals surface area contributed by atoms with Gasteiger partial charge in [-0.05, 0) is 23.8 Å². The lowest BCUT2D eigenvalue weighted by Gasteiger charge is -2.05. The highest BCUT2D eigenvalue weighted by Crippen LogP contribution is 2.29. The summed E-state index contributed by atoms with van der Waals surface area (Å²) in [5.74, 6) is 0.277. The van der Waals surface area contributed by atoms with Crippen LogP contribution in [0.15, 0.2) is 30.3 Å². The third-order valence-electron chi connectivity index (χ3n) is 2.37. The van der Waals surface area contributed by atoms with Gasteiger partial charge in [-0.1, -0.05) is 30.0 Å². The molecule has 1 rings (SSSR count). The van der Waals surface area contributed by atoms with E-state index in [1.54, 1.807) is 0 Å². The number of halogens is 3. The molecule has 7 heteroatoms. The molecule has 3 nitrogen and oxygen atoms in total. The average molecular weight is 317 g/mol. The third-order valence-corrected chi connectivity index (χ3v) is 3.20. The topological polar surface area (TPSA) is 46.2 Å². The molecular formula is C14H14F3NO2S. The summed E-state index contributed by atoms with van der Waals surface area (Å²) < 4.78 is 37.1. The van der Waals surface area contributed by atoms with E-state index in [9.17, 15) is 22.8 Å². The maximum atomic E-state index is 12.4. The zero-order chi connectivity index (χ0) is 15.9. The van der Waals surface area contributed by atoms with Gasteiger partial charge < -0.3 is 5.32 Å². The van der Waals surface area contributed by atoms with E-state index >= 15 is 0 Å². The van der Waals surface area contributed by atoms with E-state index < -0.39 is 11.7 Å².